The Hall–Kier alpha value is 0.180. The minimum Gasteiger partial charge on any atom is -0.119 e. The first kappa shape index (κ1) is 9.27. The summed E-state index contributed by atoms with van der Waals surface area (Å²) in [6.45, 7) is 5.98. The van der Waals surface area contributed by atoms with Gasteiger partial charge in [0.15, 0.2) is 0 Å². The summed E-state index contributed by atoms with van der Waals surface area (Å²) >= 11 is 3.97. The first-order chi connectivity index (χ1) is 5.33. The predicted octanol–water partition coefficient (Wildman–Crippen LogP) is 3.52. The quantitative estimate of drug-likeness (QED) is 0.619. The highest BCUT2D eigenvalue weighted by Crippen LogP contribution is 2.37. The average Bonchev–Trinajstić information content (AvgIpc) is 2.40. The smallest absolute Gasteiger partial charge is 0.0364 e. The van der Waals surface area contributed by atoms with E-state index in [1.807, 2.05) is 29.6 Å². The lowest BCUT2D eigenvalue weighted by Crippen LogP contribution is -1.85. The molecular formula is C9H14S2. The molecule has 0 N–H and O–H groups in total. The molecule has 0 nitrogen and oxygen atoms in total. The largest absolute Gasteiger partial charge is 0.119 e. The molecule has 0 saturated carbocycles. The fraction of sp³-hybridized carbons (Fsp3) is 0.556. The molecule has 1 fully saturated rings. The number of thioether (sulfide) groups is 2. The van der Waals surface area contributed by atoms with Crippen molar-refractivity contribution in [3.05, 3.63) is 23.0 Å². The van der Waals surface area contributed by atoms with Crippen LogP contribution in [-0.2, 0) is 0 Å². The van der Waals surface area contributed by atoms with Crippen molar-refractivity contribution < 1.29 is 0 Å². The Morgan fingerprint density at radius 2 is 2.18 bits per heavy atom. The Morgan fingerprint density at radius 3 is 2.73 bits per heavy atom. The third-order valence-electron chi connectivity index (χ3n) is 1.53. The molecule has 11 heavy (non-hydrogen) atoms. The Morgan fingerprint density at radius 1 is 1.55 bits per heavy atom. The molecule has 1 aliphatic heterocycles. The van der Waals surface area contributed by atoms with E-state index in [0.29, 0.717) is 5.92 Å². The lowest BCUT2D eigenvalue weighted by Gasteiger charge is -2.02. The van der Waals surface area contributed by atoms with E-state index in [0.717, 1.165) is 6.42 Å². The van der Waals surface area contributed by atoms with E-state index in [2.05, 4.69) is 19.6 Å². The molecule has 2 heteroatoms. The second kappa shape index (κ2) is 4.94. The number of rotatable bonds is 3. The Labute approximate surface area is 77.5 Å². The topological polar surface area (TPSA) is 0 Å². The molecule has 0 aromatic rings. The summed E-state index contributed by atoms with van der Waals surface area (Å²) in [7, 11) is 0. The number of allylic oxidation sites excluding steroid dienone is 2. The SMILES string of the molecule is C=CCC(C)C=C1SCCS1. The Kier molecular flexibility index (Phi) is 4.16. The average molecular weight is 186 g/mol. The van der Waals surface area contributed by atoms with Crippen molar-refractivity contribution in [3.63, 3.8) is 0 Å². The zero-order chi connectivity index (χ0) is 8.10. The highest BCUT2D eigenvalue weighted by atomic mass is 32.2. The molecule has 0 spiro atoms. The molecule has 0 bridgehead atoms. The molecule has 0 aliphatic carbocycles. The summed E-state index contributed by atoms with van der Waals surface area (Å²) in [5, 5.41) is 0. The molecule has 1 saturated heterocycles. The second-order valence-electron chi connectivity index (χ2n) is 2.68. The lowest BCUT2D eigenvalue weighted by atomic mass is 10.1. The van der Waals surface area contributed by atoms with E-state index in [1.54, 1.807) is 0 Å². The summed E-state index contributed by atoms with van der Waals surface area (Å²) < 4.78 is 1.51. The van der Waals surface area contributed by atoms with Crippen LogP contribution in [0.4, 0.5) is 0 Å². The maximum Gasteiger partial charge on any atom is 0.0364 e. The van der Waals surface area contributed by atoms with Crippen molar-refractivity contribution in [3.8, 4) is 0 Å². The van der Waals surface area contributed by atoms with Gasteiger partial charge >= 0.3 is 0 Å². The van der Waals surface area contributed by atoms with Crippen LogP contribution in [0.25, 0.3) is 0 Å². The minimum atomic E-state index is 0.667. The van der Waals surface area contributed by atoms with Gasteiger partial charge in [-0.3, -0.25) is 0 Å². The fourth-order valence-corrected chi connectivity index (χ4v) is 3.55. The molecular weight excluding hydrogens is 172 g/mol. The maximum absolute atomic E-state index is 3.73. The molecule has 62 valence electrons. The first-order valence-corrected chi connectivity index (χ1v) is 5.88. The van der Waals surface area contributed by atoms with Gasteiger partial charge in [0.25, 0.3) is 0 Å². The molecule has 0 amide bonds. The highest BCUT2D eigenvalue weighted by molar-refractivity contribution is 8.25. The van der Waals surface area contributed by atoms with Gasteiger partial charge in [-0.15, -0.1) is 30.1 Å². The standard InChI is InChI=1S/C9H14S2/c1-3-4-8(2)7-9-10-5-6-11-9/h3,7-8H,1,4-6H2,2H3. The fourth-order valence-electron chi connectivity index (χ4n) is 0.986. The van der Waals surface area contributed by atoms with Crippen LogP contribution < -0.4 is 0 Å². The third kappa shape index (κ3) is 3.39. The van der Waals surface area contributed by atoms with Crippen LogP contribution in [-0.4, -0.2) is 11.5 Å². The van der Waals surface area contributed by atoms with E-state index >= 15 is 0 Å². The van der Waals surface area contributed by atoms with Crippen LogP contribution in [0.3, 0.4) is 0 Å². The van der Waals surface area contributed by atoms with Gasteiger partial charge in [-0.25, -0.2) is 0 Å². The van der Waals surface area contributed by atoms with Crippen LogP contribution >= 0.6 is 23.5 Å². The van der Waals surface area contributed by atoms with Gasteiger partial charge in [-0.1, -0.05) is 19.1 Å². The summed E-state index contributed by atoms with van der Waals surface area (Å²) in [6, 6.07) is 0. The normalized spacial score (nSPS) is 19.9. The van der Waals surface area contributed by atoms with E-state index in [1.165, 1.54) is 15.7 Å². The van der Waals surface area contributed by atoms with Gasteiger partial charge < -0.3 is 0 Å². The second-order valence-corrected chi connectivity index (χ2v) is 5.22. The van der Waals surface area contributed by atoms with Gasteiger partial charge in [0, 0.05) is 15.7 Å². The summed E-state index contributed by atoms with van der Waals surface area (Å²) in [6.07, 6.45) is 5.46. The van der Waals surface area contributed by atoms with E-state index in [4.69, 9.17) is 0 Å². The lowest BCUT2D eigenvalue weighted by molar-refractivity contribution is 0.746. The molecule has 0 aromatic heterocycles. The van der Waals surface area contributed by atoms with Gasteiger partial charge in [-0.05, 0) is 12.3 Å². The molecule has 1 rings (SSSR count). The van der Waals surface area contributed by atoms with Gasteiger partial charge in [-0.2, -0.15) is 0 Å². The van der Waals surface area contributed by atoms with Gasteiger partial charge in [0.1, 0.15) is 0 Å². The molecule has 1 unspecified atom stereocenters. The van der Waals surface area contributed by atoms with Gasteiger partial charge in [0.05, 0.1) is 0 Å². The monoisotopic (exact) mass is 186 g/mol. The van der Waals surface area contributed by atoms with Crippen molar-refractivity contribution in [1.29, 1.82) is 0 Å². The Bertz CT molecular complexity index is 153. The van der Waals surface area contributed by atoms with Crippen LogP contribution in [0.15, 0.2) is 23.0 Å². The van der Waals surface area contributed by atoms with Crippen molar-refractivity contribution in [2.75, 3.05) is 11.5 Å². The summed E-state index contributed by atoms with van der Waals surface area (Å²) in [5.74, 6) is 3.25. The first-order valence-electron chi connectivity index (χ1n) is 3.91. The maximum atomic E-state index is 3.73. The van der Waals surface area contributed by atoms with Crippen molar-refractivity contribution in [1.82, 2.24) is 0 Å². The molecule has 0 radical (unpaired) electrons. The van der Waals surface area contributed by atoms with E-state index in [9.17, 15) is 0 Å². The minimum absolute atomic E-state index is 0.667. The predicted molar refractivity (Wildman–Crippen MR) is 57.0 cm³/mol. The molecule has 0 aromatic carbocycles. The van der Waals surface area contributed by atoms with Crippen LogP contribution in [0.1, 0.15) is 13.3 Å². The summed E-state index contributed by atoms with van der Waals surface area (Å²) in [4.78, 5) is 0. The van der Waals surface area contributed by atoms with Gasteiger partial charge in [0.2, 0.25) is 0 Å². The van der Waals surface area contributed by atoms with Crippen LogP contribution in [0.5, 0.6) is 0 Å². The summed E-state index contributed by atoms with van der Waals surface area (Å²) in [5.41, 5.74) is 0. The zero-order valence-electron chi connectivity index (χ0n) is 6.88. The van der Waals surface area contributed by atoms with E-state index in [-0.39, 0.29) is 0 Å². The third-order valence-corrected chi connectivity index (χ3v) is 4.15. The number of hydrogen-bond acceptors (Lipinski definition) is 2. The van der Waals surface area contributed by atoms with E-state index < -0.39 is 0 Å². The van der Waals surface area contributed by atoms with Crippen LogP contribution in [0.2, 0.25) is 0 Å². The number of hydrogen-bond donors (Lipinski definition) is 0. The highest BCUT2D eigenvalue weighted by Gasteiger charge is 2.08. The molecule has 1 aliphatic rings. The van der Waals surface area contributed by atoms with Crippen molar-refractivity contribution in [2.24, 2.45) is 5.92 Å². The zero-order valence-corrected chi connectivity index (χ0v) is 8.51. The Balaban J connectivity index is 2.35. The van der Waals surface area contributed by atoms with Crippen molar-refractivity contribution >= 4 is 23.5 Å². The van der Waals surface area contributed by atoms with Crippen LogP contribution in [0, 0.1) is 5.92 Å². The van der Waals surface area contributed by atoms with Crippen molar-refractivity contribution in [2.45, 2.75) is 13.3 Å². The molecule has 1 atom stereocenters. The molecule has 1 heterocycles.